The second-order valence-electron chi connectivity index (χ2n) is 5.21. The van der Waals surface area contributed by atoms with Crippen molar-refractivity contribution in [1.29, 1.82) is 0 Å². The molecule has 1 fully saturated rings. The first-order valence-electron chi connectivity index (χ1n) is 6.79. The van der Waals surface area contributed by atoms with Crippen LogP contribution in [-0.4, -0.2) is 49.8 Å². The van der Waals surface area contributed by atoms with E-state index in [1.165, 1.54) is 5.56 Å². The number of methoxy groups -OCH3 is 1. The zero-order chi connectivity index (χ0) is 14.5. The lowest BCUT2D eigenvalue weighted by molar-refractivity contribution is -0.130. The van der Waals surface area contributed by atoms with Gasteiger partial charge >= 0.3 is 0 Å². The second kappa shape index (κ2) is 6.99. The molecule has 1 N–H and O–H groups in total. The van der Waals surface area contributed by atoms with Gasteiger partial charge in [0.1, 0.15) is 5.75 Å². The van der Waals surface area contributed by atoms with Crippen molar-refractivity contribution >= 4 is 17.7 Å². The minimum absolute atomic E-state index is 0.0154. The van der Waals surface area contributed by atoms with E-state index >= 15 is 0 Å². The number of rotatable bonds is 5. The first kappa shape index (κ1) is 15.2. The highest BCUT2D eigenvalue weighted by atomic mass is 32.2. The Labute approximate surface area is 124 Å². The Morgan fingerprint density at radius 1 is 1.40 bits per heavy atom. The van der Waals surface area contributed by atoms with Crippen LogP contribution in [0.15, 0.2) is 24.3 Å². The van der Waals surface area contributed by atoms with Gasteiger partial charge in [-0.25, -0.2) is 0 Å². The van der Waals surface area contributed by atoms with Gasteiger partial charge in [0.25, 0.3) is 0 Å². The minimum atomic E-state index is -0.0154. The summed E-state index contributed by atoms with van der Waals surface area (Å²) in [6.07, 6.45) is 0.915. The summed E-state index contributed by atoms with van der Waals surface area (Å²) in [7, 11) is 5.29. The summed E-state index contributed by atoms with van der Waals surface area (Å²) in [6.45, 7) is 0.908. The van der Waals surface area contributed by atoms with Gasteiger partial charge in [0.15, 0.2) is 0 Å². The molecule has 20 heavy (non-hydrogen) atoms. The number of benzene rings is 1. The van der Waals surface area contributed by atoms with Gasteiger partial charge in [-0.2, -0.15) is 11.8 Å². The molecule has 4 nitrogen and oxygen atoms in total. The Morgan fingerprint density at radius 2 is 2.10 bits per heavy atom. The second-order valence-corrected chi connectivity index (χ2v) is 6.50. The van der Waals surface area contributed by atoms with Gasteiger partial charge in [-0.1, -0.05) is 12.1 Å². The van der Waals surface area contributed by atoms with Crippen molar-refractivity contribution in [1.82, 2.24) is 10.2 Å². The number of thioether (sulfide) groups is 1. The summed E-state index contributed by atoms with van der Waals surface area (Å²) in [4.78, 5) is 13.5. The van der Waals surface area contributed by atoms with Crippen LogP contribution >= 0.6 is 11.8 Å². The van der Waals surface area contributed by atoms with Crippen molar-refractivity contribution in [2.45, 2.75) is 23.5 Å². The lowest BCUT2D eigenvalue weighted by atomic mass is 10.2. The van der Waals surface area contributed by atoms with Gasteiger partial charge in [0.2, 0.25) is 5.91 Å². The van der Waals surface area contributed by atoms with E-state index in [4.69, 9.17) is 4.74 Å². The molecule has 1 aliphatic rings. The van der Waals surface area contributed by atoms with Crippen LogP contribution < -0.4 is 10.1 Å². The fourth-order valence-corrected chi connectivity index (χ4v) is 3.43. The average Bonchev–Trinajstić information content (AvgIpc) is 2.93. The monoisotopic (exact) mass is 294 g/mol. The minimum Gasteiger partial charge on any atom is -0.497 e. The van der Waals surface area contributed by atoms with Crippen LogP contribution in [-0.2, 0) is 10.5 Å². The molecule has 1 aromatic rings. The predicted molar refractivity (Wildman–Crippen MR) is 83.2 cm³/mol. The molecule has 0 bridgehead atoms. The number of nitrogens with zero attached hydrogens (tertiary/aromatic N) is 1. The van der Waals surface area contributed by atoms with Gasteiger partial charge < -0.3 is 15.0 Å². The molecule has 0 unspecified atom stereocenters. The molecule has 1 amide bonds. The lowest BCUT2D eigenvalue weighted by Gasteiger charge is -2.16. The highest BCUT2D eigenvalue weighted by molar-refractivity contribution is 7.99. The molecule has 0 aliphatic carbocycles. The number of hydrogen-bond acceptors (Lipinski definition) is 4. The summed E-state index contributed by atoms with van der Waals surface area (Å²) in [5.41, 5.74) is 1.29. The summed E-state index contributed by atoms with van der Waals surface area (Å²) in [5, 5.41) is 3.82. The molecular formula is C15H22N2O2S. The molecule has 0 saturated carbocycles. The van der Waals surface area contributed by atoms with Gasteiger partial charge in [0, 0.05) is 31.6 Å². The van der Waals surface area contributed by atoms with Crippen LogP contribution in [0.3, 0.4) is 0 Å². The van der Waals surface area contributed by atoms with Crippen molar-refractivity contribution in [3.63, 3.8) is 0 Å². The number of likely N-dealkylation sites (N-methyl/N-ethyl adjacent to an activating group) is 1. The maximum atomic E-state index is 11.9. The van der Waals surface area contributed by atoms with E-state index in [0.29, 0.717) is 5.25 Å². The van der Waals surface area contributed by atoms with Crippen LogP contribution in [0.25, 0.3) is 0 Å². The predicted octanol–water partition coefficient (Wildman–Crippen LogP) is 1.75. The normalized spacial score (nSPS) is 21.8. The Hall–Kier alpha value is -1.20. The molecule has 0 aromatic heterocycles. The van der Waals surface area contributed by atoms with Gasteiger partial charge in [-0.3, -0.25) is 4.79 Å². The SMILES string of the molecule is COc1ccc(CS[C@@H]2CN[C@H](C(=O)N(C)C)C2)cc1. The van der Waals surface area contributed by atoms with Crippen molar-refractivity contribution < 1.29 is 9.53 Å². The summed E-state index contributed by atoms with van der Waals surface area (Å²) in [6, 6.07) is 8.15. The third-order valence-corrected chi connectivity index (χ3v) is 4.80. The topological polar surface area (TPSA) is 41.6 Å². The van der Waals surface area contributed by atoms with Crippen LogP contribution in [0.5, 0.6) is 5.75 Å². The highest BCUT2D eigenvalue weighted by Gasteiger charge is 2.30. The number of carbonyl (C=O) groups is 1. The van der Waals surface area contributed by atoms with E-state index in [1.807, 2.05) is 38.0 Å². The maximum Gasteiger partial charge on any atom is 0.239 e. The van der Waals surface area contributed by atoms with E-state index in [9.17, 15) is 4.79 Å². The standard InChI is InChI=1S/C15H22N2O2S/c1-17(2)15(18)14-8-13(9-16-14)20-10-11-4-6-12(19-3)7-5-11/h4-7,13-14,16H,8-10H2,1-3H3/t13-,14-/m0/s1. The number of carbonyl (C=O) groups excluding carboxylic acids is 1. The van der Waals surface area contributed by atoms with Crippen molar-refractivity contribution in [2.75, 3.05) is 27.7 Å². The summed E-state index contributed by atoms with van der Waals surface area (Å²) < 4.78 is 5.15. The van der Waals surface area contributed by atoms with Gasteiger partial charge in [-0.15, -0.1) is 0 Å². The third-order valence-electron chi connectivity index (χ3n) is 3.47. The van der Waals surface area contributed by atoms with E-state index in [1.54, 1.807) is 12.0 Å². The maximum absolute atomic E-state index is 11.9. The van der Waals surface area contributed by atoms with Gasteiger partial charge in [-0.05, 0) is 24.1 Å². The number of ether oxygens (including phenoxy) is 1. The smallest absolute Gasteiger partial charge is 0.239 e. The molecular weight excluding hydrogens is 272 g/mol. The van der Waals surface area contributed by atoms with E-state index < -0.39 is 0 Å². The first-order chi connectivity index (χ1) is 9.60. The zero-order valence-electron chi connectivity index (χ0n) is 12.3. The molecule has 2 rings (SSSR count). The molecule has 1 heterocycles. The van der Waals surface area contributed by atoms with Crippen molar-refractivity contribution in [3.8, 4) is 5.75 Å². The van der Waals surface area contributed by atoms with E-state index in [2.05, 4.69) is 17.4 Å². The van der Waals surface area contributed by atoms with Crippen LogP contribution in [0.2, 0.25) is 0 Å². The number of nitrogens with one attached hydrogen (secondary N) is 1. The first-order valence-corrected chi connectivity index (χ1v) is 7.84. The number of amides is 1. The third kappa shape index (κ3) is 3.90. The summed E-state index contributed by atoms with van der Waals surface area (Å²) in [5.74, 6) is 2.04. The fraction of sp³-hybridized carbons (Fsp3) is 0.533. The molecule has 0 radical (unpaired) electrons. The van der Waals surface area contributed by atoms with Crippen LogP contribution in [0, 0.1) is 0 Å². The molecule has 1 aromatic carbocycles. The van der Waals surface area contributed by atoms with Gasteiger partial charge in [0.05, 0.1) is 13.2 Å². The Morgan fingerprint density at radius 3 is 2.70 bits per heavy atom. The quantitative estimate of drug-likeness (QED) is 0.898. The average molecular weight is 294 g/mol. The lowest BCUT2D eigenvalue weighted by Crippen LogP contribution is -2.39. The zero-order valence-corrected chi connectivity index (χ0v) is 13.1. The Kier molecular flexibility index (Phi) is 5.31. The Bertz CT molecular complexity index is 448. The highest BCUT2D eigenvalue weighted by Crippen LogP contribution is 2.26. The van der Waals surface area contributed by atoms with E-state index in [-0.39, 0.29) is 11.9 Å². The molecule has 110 valence electrons. The molecule has 2 atom stereocenters. The largest absolute Gasteiger partial charge is 0.497 e. The fourth-order valence-electron chi connectivity index (χ4n) is 2.27. The molecule has 1 aliphatic heterocycles. The molecule has 1 saturated heterocycles. The van der Waals surface area contributed by atoms with Crippen LogP contribution in [0.4, 0.5) is 0 Å². The summed E-state index contributed by atoms with van der Waals surface area (Å²) >= 11 is 1.91. The molecule has 5 heteroatoms. The van der Waals surface area contributed by atoms with E-state index in [0.717, 1.165) is 24.5 Å². The van der Waals surface area contributed by atoms with Crippen molar-refractivity contribution in [2.24, 2.45) is 0 Å². The van der Waals surface area contributed by atoms with Crippen molar-refractivity contribution in [3.05, 3.63) is 29.8 Å². The molecule has 0 spiro atoms. The Balaban J connectivity index is 1.79. The van der Waals surface area contributed by atoms with Crippen LogP contribution in [0.1, 0.15) is 12.0 Å². The number of hydrogen-bond donors (Lipinski definition) is 1.